The van der Waals surface area contributed by atoms with Gasteiger partial charge >= 0.3 is 8.56 Å². The molecule has 0 aliphatic carbocycles. The van der Waals surface area contributed by atoms with E-state index in [4.69, 9.17) is 8.85 Å². The van der Waals surface area contributed by atoms with Crippen LogP contribution in [-0.4, -0.2) is 21.1 Å². The Bertz CT molecular complexity index is 231. The highest BCUT2D eigenvalue weighted by Gasteiger charge is 2.47. The van der Waals surface area contributed by atoms with E-state index in [9.17, 15) is 4.79 Å². The average molecular weight is 274 g/mol. The van der Waals surface area contributed by atoms with Crippen molar-refractivity contribution >= 4 is 14.5 Å². The lowest BCUT2D eigenvalue weighted by Gasteiger charge is -2.36. The summed E-state index contributed by atoms with van der Waals surface area (Å²) in [5.41, 5.74) is 0.570. The monoisotopic (exact) mass is 274 g/mol. The minimum Gasteiger partial charge on any atom is -0.494 e. The maximum absolute atomic E-state index is 11.9. The summed E-state index contributed by atoms with van der Waals surface area (Å²) in [7, 11) is -2.42. The van der Waals surface area contributed by atoms with Crippen molar-refractivity contribution < 1.29 is 13.6 Å². The highest BCUT2D eigenvalue weighted by Crippen LogP contribution is 2.34. The van der Waals surface area contributed by atoms with E-state index in [1.807, 2.05) is 6.92 Å². The lowest BCUT2D eigenvalue weighted by Crippen LogP contribution is -2.49. The molecule has 0 rings (SSSR count). The molecule has 0 aromatic rings. The second-order valence-corrected chi connectivity index (χ2v) is 9.64. The molecule has 4 heteroatoms. The Morgan fingerprint density at radius 3 is 2.00 bits per heavy atom. The highest BCUT2D eigenvalue weighted by molar-refractivity contribution is 6.71. The Balaban J connectivity index is 4.62. The molecule has 108 valence electrons. The van der Waals surface area contributed by atoms with Crippen LogP contribution in [0.3, 0.4) is 0 Å². The van der Waals surface area contributed by atoms with Crippen LogP contribution >= 0.6 is 0 Å². The van der Waals surface area contributed by atoms with Crippen LogP contribution in [0.25, 0.3) is 0 Å². The molecular weight excluding hydrogens is 244 g/mol. The molecule has 0 N–H and O–H groups in total. The summed E-state index contributed by atoms with van der Waals surface area (Å²) in [5, 5.41) is 0. The van der Waals surface area contributed by atoms with Crippen molar-refractivity contribution in [3.8, 4) is 0 Å². The van der Waals surface area contributed by atoms with Crippen LogP contribution in [-0.2, 0) is 13.6 Å². The third-order valence-corrected chi connectivity index (χ3v) is 7.74. The van der Waals surface area contributed by atoms with E-state index in [2.05, 4.69) is 34.6 Å². The second-order valence-electron chi connectivity index (χ2n) is 5.39. The fraction of sp³-hybridized carbons (Fsp3) is 0.929. The van der Waals surface area contributed by atoms with E-state index >= 15 is 0 Å². The molecule has 0 aromatic carbocycles. The van der Waals surface area contributed by atoms with Crippen LogP contribution in [0.15, 0.2) is 0 Å². The number of carbonyl (C=O) groups is 1. The van der Waals surface area contributed by atoms with Crippen LogP contribution < -0.4 is 0 Å². The van der Waals surface area contributed by atoms with Crippen LogP contribution in [0.2, 0.25) is 11.1 Å². The molecule has 0 saturated carbocycles. The maximum Gasteiger partial charge on any atom is 0.406 e. The quantitative estimate of drug-likeness (QED) is 0.461. The summed E-state index contributed by atoms with van der Waals surface area (Å²) in [6.07, 6.45) is 3.65. The van der Waals surface area contributed by atoms with Crippen LogP contribution in [0, 0.1) is 0 Å². The summed E-state index contributed by atoms with van der Waals surface area (Å²) in [6.45, 7) is 13.1. The Kier molecular flexibility index (Phi) is 8.53. The molecule has 0 aliphatic rings. The number of unbranched alkanes of at least 4 members (excludes halogenated alkanes) is 2. The molecule has 0 spiro atoms. The third kappa shape index (κ3) is 5.10. The van der Waals surface area contributed by atoms with Crippen molar-refractivity contribution in [3.05, 3.63) is 0 Å². The second kappa shape index (κ2) is 8.70. The predicted octanol–water partition coefficient (Wildman–Crippen LogP) is 4.41. The lowest BCUT2D eigenvalue weighted by molar-refractivity contribution is -0.137. The van der Waals surface area contributed by atoms with Gasteiger partial charge in [0.15, 0.2) is 0 Å². The predicted molar refractivity (Wildman–Crippen MR) is 77.8 cm³/mol. The largest absolute Gasteiger partial charge is 0.494 e. The molecule has 18 heavy (non-hydrogen) atoms. The van der Waals surface area contributed by atoms with Gasteiger partial charge in [-0.1, -0.05) is 47.5 Å². The normalized spacial score (nSPS) is 12.2. The first-order chi connectivity index (χ1) is 8.40. The molecule has 0 radical (unpaired) electrons. The number of hydrogen-bond acceptors (Lipinski definition) is 3. The van der Waals surface area contributed by atoms with Gasteiger partial charge in [-0.05, 0) is 13.3 Å². The van der Waals surface area contributed by atoms with Gasteiger partial charge in [-0.3, -0.25) is 4.79 Å². The molecule has 0 aliphatic heterocycles. The fourth-order valence-corrected chi connectivity index (χ4v) is 5.68. The number of hydrogen-bond donors (Lipinski definition) is 0. The highest BCUT2D eigenvalue weighted by atomic mass is 28.4. The van der Waals surface area contributed by atoms with Crippen molar-refractivity contribution in [1.82, 2.24) is 0 Å². The zero-order chi connectivity index (χ0) is 14.2. The van der Waals surface area contributed by atoms with Crippen molar-refractivity contribution in [2.75, 3.05) is 6.61 Å². The van der Waals surface area contributed by atoms with E-state index in [1.165, 1.54) is 0 Å². The van der Waals surface area contributed by atoms with Gasteiger partial charge in [0.1, 0.15) is 0 Å². The molecule has 0 fully saturated rings. The van der Waals surface area contributed by atoms with Gasteiger partial charge in [0.25, 0.3) is 5.97 Å². The van der Waals surface area contributed by atoms with Gasteiger partial charge in [-0.15, -0.1) is 0 Å². The first kappa shape index (κ1) is 17.6. The van der Waals surface area contributed by atoms with Crippen LogP contribution in [0.1, 0.15) is 67.2 Å². The SMILES string of the molecule is CCCCCC(=O)O[Si](OCC)(C(C)C)C(C)C. The molecule has 0 bridgehead atoms. The van der Waals surface area contributed by atoms with Crippen molar-refractivity contribution in [3.63, 3.8) is 0 Å². The molecule has 3 nitrogen and oxygen atoms in total. The van der Waals surface area contributed by atoms with Crippen LogP contribution in [0.4, 0.5) is 0 Å². The number of carbonyl (C=O) groups excluding carboxylic acids is 1. The first-order valence-corrected chi connectivity index (χ1v) is 9.23. The fourth-order valence-electron chi connectivity index (χ4n) is 2.24. The van der Waals surface area contributed by atoms with E-state index in [1.54, 1.807) is 0 Å². The van der Waals surface area contributed by atoms with Gasteiger partial charge in [0.05, 0.1) is 0 Å². The van der Waals surface area contributed by atoms with E-state index < -0.39 is 8.56 Å². The molecule has 0 aromatic heterocycles. The minimum absolute atomic E-state index is 0.0778. The lowest BCUT2D eigenvalue weighted by atomic mass is 10.2. The van der Waals surface area contributed by atoms with Gasteiger partial charge in [0, 0.05) is 24.1 Å². The Morgan fingerprint density at radius 1 is 1.06 bits per heavy atom. The van der Waals surface area contributed by atoms with E-state index in [0.29, 0.717) is 13.0 Å². The summed E-state index contributed by atoms with van der Waals surface area (Å²) < 4.78 is 11.8. The Labute approximate surface area is 113 Å². The van der Waals surface area contributed by atoms with Gasteiger partial charge in [0.2, 0.25) is 0 Å². The van der Waals surface area contributed by atoms with Gasteiger partial charge in [-0.2, -0.15) is 0 Å². The molecule has 0 unspecified atom stereocenters. The zero-order valence-electron chi connectivity index (χ0n) is 12.9. The summed E-state index contributed by atoms with van der Waals surface area (Å²) in [5.74, 6) is -0.0778. The van der Waals surface area contributed by atoms with E-state index in [0.717, 1.165) is 19.3 Å². The van der Waals surface area contributed by atoms with Crippen molar-refractivity contribution in [2.45, 2.75) is 78.3 Å². The Morgan fingerprint density at radius 2 is 1.61 bits per heavy atom. The molecule has 0 amide bonds. The molecule has 0 atom stereocenters. The average Bonchev–Trinajstić information content (AvgIpc) is 2.28. The molecule has 0 heterocycles. The summed E-state index contributed by atoms with van der Waals surface area (Å²) >= 11 is 0. The van der Waals surface area contributed by atoms with Gasteiger partial charge in [-0.25, -0.2) is 0 Å². The van der Waals surface area contributed by atoms with Crippen molar-refractivity contribution in [1.29, 1.82) is 0 Å². The summed E-state index contributed by atoms with van der Waals surface area (Å²) in [6, 6.07) is 0. The molecular formula is C14H30O3Si. The zero-order valence-corrected chi connectivity index (χ0v) is 13.9. The summed E-state index contributed by atoms with van der Waals surface area (Å²) in [4.78, 5) is 11.9. The standard InChI is InChI=1S/C14H30O3Si/c1-7-9-10-11-14(15)17-18(12(3)4,13(5)6)16-8-2/h12-13H,7-11H2,1-6H3. The number of rotatable bonds is 9. The smallest absolute Gasteiger partial charge is 0.406 e. The van der Waals surface area contributed by atoms with Crippen LogP contribution in [0.5, 0.6) is 0 Å². The van der Waals surface area contributed by atoms with Crippen molar-refractivity contribution in [2.24, 2.45) is 0 Å². The Hall–Kier alpha value is -0.353. The third-order valence-electron chi connectivity index (χ3n) is 3.24. The first-order valence-electron chi connectivity index (χ1n) is 7.26. The van der Waals surface area contributed by atoms with E-state index in [-0.39, 0.29) is 17.1 Å². The maximum atomic E-state index is 11.9. The molecule has 0 saturated heterocycles. The minimum atomic E-state index is -2.42. The van der Waals surface area contributed by atoms with Gasteiger partial charge < -0.3 is 8.85 Å². The topological polar surface area (TPSA) is 35.5 Å².